The van der Waals surface area contributed by atoms with Gasteiger partial charge in [-0.3, -0.25) is 14.9 Å². The molecule has 2 amide bonds. The number of carbonyl (C=O) groups is 2. The van der Waals surface area contributed by atoms with E-state index in [4.69, 9.17) is 0 Å². The van der Waals surface area contributed by atoms with Crippen molar-refractivity contribution in [2.45, 2.75) is 18.8 Å². The molecule has 0 aromatic heterocycles. The molecule has 1 saturated heterocycles. The minimum atomic E-state index is -1.11. The predicted octanol–water partition coefficient (Wildman–Crippen LogP) is 1.27. The fourth-order valence-electron chi connectivity index (χ4n) is 1.78. The molecule has 1 aliphatic rings. The monoisotopic (exact) mass is 225 g/mol. The fourth-order valence-corrected chi connectivity index (χ4v) is 1.78. The molecule has 0 radical (unpaired) electrons. The highest BCUT2D eigenvalue weighted by molar-refractivity contribution is 6.08. The van der Waals surface area contributed by atoms with E-state index in [-0.39, 0.29) is 6.42 Å². The zero-order chi connectivity index (χ0) is 11.9. The van der Waals surface area contributed by atoms with Gasteiger partial charge in [-0.05, 0) is 24.6 Å². The second-order valence-electron chi connectivity index (χ2n) is 4.02. The van der Waals surface area contributed by atoms with Gasteiger partial charge in [0.05, 0.1) is 5.41 Å². The second kappa shape index (κ2) is 3.37. The maximum atomic E-state index is 13.0. The molecule has 5 heteroatoms. The Balaban J connectivity index is 2.47. The molecule has 0 aliphatic carbocycles. The molecule has 16 heavy (non-hydrogen) atoms. The third kappa shape index (κ3) is 1.48. The van der Waals surface area contributed by atoms with Crippen LogP contribution in [0.5, 0.6) is 0 Å². The molecule has 1 atom stereocenters. The van der Waals surface area contributed by atoms with E-state index >= 15 is 0 Å². The summed E-state index contributed by atoms with van der Waals surface area (Å²) < 4.78 is 25.8. The van der Waals surface area contributed by atoms with Crippen LogP contribution in [0.4, 0.5) is 8.78 Å². The van der Waals surface area contributed by atoms with Crippen LogP contribution in [0.1, 0.15) is 18.9 Å². The number of imide groups is 1. The van der Waals surface area contributed by atoms with Crippen LogP contribution in [-0.4, -0.2) is 11.8 Å². The number of hydrogen-bond acceptors (Lipinski definition) is 2. The maximum Gasteiger partial charge on any atom is 0.237 e. The first kappa shape index (κ1) is 10.7. The van der Waals surface area contributed by atoms with E-state index in [1.54, 1.807) is 0 Å². The van der Waals surface area contributed by atoms with Gasteiger partial charge in [0.25, 0.3) is 0 Å². The number of carbonyl (C=O) groups excluding carboxylic acids is 2. The number of halogens is 2. The highest BCUT2D eigenvalue weighted by Gasteiger charge is 2.44. The van der Waals surface area contributed by atoms with E-state index in [2.05, 4.69) is 5.32 Å². The summed E-state index contributed by atoms with van der Waals surface area (Å²) in [5.74, 6) is -2.89. The lowest BCUT2D eigenvalue weighted by molar-refractivity contribution is -0.126. The molecule has 1 heterocycles. The normalized spacial score (nSPS) is 24.7. The van der Waals surface area contributed by atoms with Crippen molar-refractivity contribution in [1.82, 2.24) is 5.32 Å². The van der Waals surface area contributed by atoms with E-state index in [0.29, 0.717) is 5.56 Å². The minimum Gasteiger partial charge on any atom is -0.296 e. The average Bonchev–Trinajstić information content (AvgIpc) is 2.46. The molecule has 0 bridgehead atoms. The molecule has 1 aromatic carbocycles. The first-order chi connectivity index (χ1) is 7.43. The fraction of sp³-hybridized carbons (Fsp3) is 0.273. The van der Waals surface area contributed by atoms with Gasteiger partial charge in [0.15, 0.2) is 11.6 Å². The number of amides is 2. The summed E-state index contributed by atoms with van der Waals surface area (Å²) in [6, 6.07) is 3.22. The van der Waals surface area contributed by atoms with Crippen molar-refractivity contribution < 1.29 is 18.4 Å². The highest BCUT2D eigenvalue weighted by Crippen LogP contribution is 2.32. The Morgan fingerprint density at radius 2 is 1.94 bits per heavy atom. The predicted molar refractivity (Wildman–Crippen MR) is 51.5 cm³/mol. The van der Waals surface area contributed by atoms with Gasteiger partial charge in [-0.15, -0.1) is 0 Å². The van der Waals surface area contributed by atoms with Gasteiger partial charge >= 0.3 is 0 Å². The number of nitrogens with one attached hydrogen (secondary N) is 1. The molecule has 1 aliphatic heterocycles. The standard InChI is InChI=1S/C11H9F2NO2/c1-11(5-9(15)14-10(11)16)6-2-3-7(12)8(13)4-6/h2-4H,5H2,1H3,(H,14,15,16). The summed E-state index contributed by atoms with van der Waals surface area (Å²) in [7, 11) is 0. The van der Waals surface area contributed by atoms with Crippen LogP contribution in [0.15, 0.2) is 18.2 Å². The van der Waals surface area contributed by atoms with Gasteiger partial charge in [-0.1, -0.05) is 6.07 Å². The average molecular weight is 225 g/mol. The van der Waals surface area contributed by atoms with Crippen LogP contribution in [0.25, 0.3) is 0 Å². The summed E-state index contributed by atoms with van der Waals surface area (Å²) in [4.78, 5) is 22.6. The van der Waals surface area contributed by atoms with Crippen molar-refractivity contribution in [3.63, 3.8) is 0 Å². The molecule has 3 nitrogen and oxygen atoms in total. The van der Waals surface area contributed by atoms with E-state index in [1.165, 1.54) is 13.0 Å². The van der Waals surface area contributed by atoms with Crippen molar-refractivity contribution in [2.75, 3.05) is 0 Å². The van der Waals surface area contributed by atoms with Crippen molar-refractivity contribution in [2.24, 2.45) is 0 Å². The lowest BCUT2D eigenvalue weighted by Crippen LogP contribution is -2.32. The van der Waals surface area contributed by atoms with Gasteiger partial charge < -0.3 is 0 Å². The van der Waals surface area contributed by atoms with Gasteiger partial charge in [0.2, 0.25) is 11.8 Å². The van der Waals surface area contributed by atoms with Gasteiger partial charge in [0, 0.05) is 6.42 Å². The zero-order valence-electron chi connectivity index (χ0n) is 8.51. The minimum absolute atomic E-state index is 0.0447. The Hall–Kier alpha value is -1.78. The Labute approximate surface area is 90.5 Å². The van der Waals surface area contributed by atoms with Gasteiger partial charge in [0.1, 0.15) is 0 Å². The molecule has 1 N–H and O–H groups in total. The SMILES string of the molecule is CC1(c2ccc(F)c(F)c2)CC(=O)NC1=O. The van der Waals surface area contributed by atoms with Crippen LogP contribution in [0, 0.1) is 11.6 Å². The van der Waals surface area contributed by atoms with E-state index < -0.39 is 28.9 Å². The zero-order valence-corrected chi connectivity index (χ0v) is 8.51. The Morgan fingerprint density at radius 3 is 2.44 bits per heavy atom. The van der Waals surface area contributed by atoms with E-state index in [0.717, 1.165) is 12.1 Å². The van der Waals surface area contributed by atoms with Gasteiger partial charge in [-0.2, -0.15) is 0 Å². The van der Waals surface area contributed by atoms with Crippen LogP contribution in [0.3, 0.4) is 0 Å². The van der Waals surface area contributed by atoms with Crippen molar-refractivity contribution in [1.29, 1.82) is 0 Å². The third-order valence-corrected chi connectivity index (χ3v) is 2.82. The number of benzene rings is 1. The lowest BCUT2D eigenvalue weighted by Gasteiger charge is -2.19. The first-order valence-electron chi connectivity index (χ1n) is 4.73. The molecule has 2 rings (SSSR count). The maximum absolute atomic E-state index is 13.0. The van der Waals surface area contributed by atoms with Crippen molar-refractivity contribution in [3.8, 4) is 0 Å². The molecule has 1 fully saturated rings. The van der Waals surface area contributed by atoms with Crippen LogP contribution in [-0.2, 0) is 15.0 Å². The van der Waals surface area contributed by atoms with Crippen LogP contribution >= 0.6 is 0 Å². The molecule has 84 valence electrons. The first-order valence-corrected chi connectivity index (χ1v) is 4.73. The second-order valence-corrected chi connectivity index (χ2v) is 4.02. The number of rotatable bonds is 1. The summed E-state index contributed by atoms with van der Waals surface area (Å²) >= 11 is 0. The molecule has 0 saturated carbocycles. The van der Waals surface area contributed by atoms with Crippen molar-refractivity contribution in [3.05, 3.63) is 35.4 Å². The summed E-state index contributed by atoms with van der Waals surface area (Å²) in [5.41, 5.74) is -0.805. The van der Waals surface area contributed by atoms with E-state index in [1.807, 2.05) is 0 Å². The largest absolute Gasteiger partial charge is 0.296 e. The molecule has 1 aromatic rings. The van der Waals surface area contributed by atoms with Crippen LogP contribution in [0.2, 0.25) is 0 Å². The topological polar surface area (TPSA) is 46.2 Å². The number of hydrogen-bond donors (Lipinski definition) is 1. The van der Waals surface area contributed by atoms with Crippen molar-refractivity contribution >= 4 is 11.8 Å². The Kier molecular flexibility index (Phi) is 2.26. The summed E-state index contributed by atoms with van der Waals surface area (Å²) in [6.45, 7) is 1.53. The van der Waals surface area contributed by atoms with Gasteiger partial charge in [-0.25, -0.2) is 8.78 Å². The molecule has 1 unspecified atom stereocenters. The summed E-state index contributed by atoms with van der Waals surface area (Å²) in [6.07, 6.45) is -0.0447. The molecule has 0 spiro atoms. The quantitative estimate of drug-likeness (QED) is 0.731. The smallest absolute Gasteiger partial charge is 0.237 e. The summed E-state index contributed by atoms with van der Waals surface area (Å²) in [5, 5.41) is 2.15. The third-order valence-electron chi connectivity index (χ3n) is 2.82. The molecular formula is C11H9F2NO2. The Morgan fingerprint density at radius 1 is 1.25 bits per heavy atom. The van der Waals surface area contributed by atoms with E-state index in [9.17, 15) is 18.4 Å². The lowest BCUT2D eigenvalue weighted by atomic mass is 9.81. The Bertz CT molecular complexity index is 487. The highest BCUT2D eigenvalue weighted by atomic mass is 19.2. The van der Waals surface area contributed by atoms with Crippen LogP contribution < -0.4 is 5.32 Å². The molecular weight excluding hydrogens is 216 g/mol.